The summed E-state index contributed by atoms with van der Waals surface area (Å²) in [6.45, 7) is 7.22. The number of ether oxygens (including phenoxy) is 1. The van der Waals surface area contributed by atoms with Gasteiger partial charge in [0.25, 0.3) is 0 Å². The SMILES string of the molecule is C=CC[S+](CCCCCC)CCCCC1CCCCO1. The highest BCUT2D eigenvalue weighted by Crippen LogP contribution is 2.18. The van der Waals surface area contributed by atoms with Gasteiger partial charge >= 0.3 is 0 Å². The maximum atomic E-state index is 5.81. The lowest BCUT2D eigenvalue weighted by atomic mass is 10.0. The topological polar surface area (TPSA) is 9.23 Å². The maximum absolute atomic E-state index is 5.81. The molecule has 0 aromatic carbocycles. The van der Waals surface area contributed by atoms with Gasteiger partial charge in [-0.3, -0.25) is 0 Å². The van der Waals surface area contributed by atoms with Crippen LogP contribution < -0.4 is 0 Å². The van der Waals surface area contributed by atoms with Crippen molar-refractivity contribution in [3.05, 3.63) is 12.7 Å². The van der Waals surface area contributed by atoms with Crippen molar-refractivity contribution in [1.29, 1.82) is 0 Å². The van der Waals surface area contributed by atoms with Gasteiger partial charge in [-0.1, -0.05) is 26.3 Å². The van der Waals surface area contributed by atoms with Crippen molar-refractivity contribution in [2.45, 2.75) is 77.2 Å². The van der Waals surface area contributed by atoms with Crippen molar-refractivity contribution < 1.29 is 4.74 Å². The van der Waals surface area contributed by atoms with Gasteiger partial charge in [-0.15, -0.1) is 0 Å². The second kappa shape index (κ2) is 12.8. The Morgan fingerprint density at radius 2 is 1.90 bits per heavy atom. The van der Waals surface area contributed by atoms with Gasteiger partial charge in [-0.25, -0.2) is 0 Å². The molecule has 118 valence electrons. The van der Waals surface area contributed by atoms with Crippen LogP contribution in [-0.4, -0.2) is 30.0 Å². The molecule has 0 N–H and O–H groups in total. The minimum Gasteiger partial charge on any atom is -0.378 e. The molecule has 1 heterocycles. The van der Waals surface area contributed by atoms with Crippen molar-refractivity contribution in [3.63, 3.8) is 0 Å². The summed E-state index contributed by atoms with van der Waals surface area (Å²) in [4.78, 5) is 0. The van der Waals surface area contributed by atoms with E-state index in [1.165, 1.54) is 81.5 Å². The molecule has 1 fully saturated rings. The number of hydrogen-bond acceptors (Lipinski definition) is 1. The average Bonchev–Trinajstić information content (AvgIpc) is 2.49. The van der Waals surface area contributed by atoms with Gasteiger partial charge in [0.2, 0.25) is 0 Å². The minimum atomic E-state index is 0.578. The molecule has 1 saturated heterocycles. The third kappa shape index (κ3) is 9.07. The summed E-state index contributed by atoms with van der Waals surface area (Å²) < 4.78 is 5.81. The van der Waals surface area contributed by atoms with E-state index < -0.39 is 0 Å². The predicted octanol–water partition coefficient (Wildman–Crippen LogP) is 5.11. The van der Waals surface area contributed by atoms with Crippen LogP contribution in [0.4, 0.5) is 0 Å². The summed E-state index contributed by atoms with van der Waals surface area (Å²) >= 11 is 0. The third-order valence-electron chi connectivity index (χ3n) is 4.12. The number of hydrogen-bond donors (Lipinski definition) is 0. The first-order chi connectivity index (χ1) is 9.86. The maximum Gasteiger partial charge on any atom is 0.126 e. The molecule has 2 atom stereocenters. The van der Waals surface area contributed by atoms with Crippen molar-refractivity contribution in [3.8, 4) is 0 Å². The third-order valence-corrected chi connectivity index (χ3v) is 6.56. The highest BCUT2D eigenvalue weighted by molar-refractivity contribution is 7.96. The van der Waals surface area contributed by atoms with Crippen LogP contribution in [0.1, 0.15) is 71.1 Å². The van der Waals surface area contributed by atoms with Gasteiger partial charge < -0.3 is 4.74 Å². The Hall–Kier alpha value is 0.0500. The summed E-state index contributed by atoms with van der Waals surface area (Å²) in [5.74, 6) is 4.10. The largest absolute Gasteiger partial charge is 0.378 e. The summed E-state index contributed by atoms with van der Waals surface area (Å²) in [6, 6.07) is 0. The van der Waals surface area contributed by atoms with Crippen molar-refractivity contribution >= 4 is 10.9 Å². The molecule has 20 heavy (non-hydrogen) atoms. The zero-order valence-corrected chi connectivity index (χ0v) is 14.4. The van der Waals surface area contributed by atoms with Crippen LogP contribution in [0.5, 0.6) is 0 Å². The molecule has 0 aliphatic carbocycles. The zero-order valence-electron chi connectivity index (χ0n) is 13.6. The van der Waals surface area contributed by atoms with E-state index in [2.05, 4.69) is 19.6 Å². The van der Waals surface area contributed by atoms with E-state index in [0.717, 1.165) is 6.61 Å². The minimum absolute atomic E-state index is 0.578. The number of unbranched alkanes of at least 4 members (excludes halogenated alkanes) is 4. The second-order valence-corrected chi connectivity index (χ2v) is 8.40. The van der Waals surface area contributed by atoms with Crippen molar-refractivity contribution in [2.75, 3.05) is 23.9 Å². The molecule has 0 radical (unpaired) electrons. The second-order valence-electron chi connectivity index (χ2n) is 6.02. The van der Waals surface area contributed by atoms with Crippen molar-refractivity contribution in [2.24, 2.45) is 0 Å². The molecule has 1 aliphatic rings. The lowest BCUT2D eigenvalue weighted by Crippen LogP contribution is -2.20. The first-order valence-electron chi connectivity index (χ1n) is 8.73. The molecule has 0 amide bonds. The molecular formula is C18H35OS+. The van der Waals surface area contributed by atoms with Gasteiger partial charge in [0.05, 0.1) is 6.10 Å². The molecule has 0 spiro atoms. The molecule has 0 bridgehead atoms. The standard InChI is InChI=1S/C18H35OS/c1-3-5-6-10-16-20(15-4-2)17-11-8-13-18-12-7-9-14-19-18/h4,18H,2-3,5-17H2,1H3/q+1. The fraction of sp³-hybridized carbons (Fsp3) is 0.889. The molecule has 1 nitrogen and oxygen atoms in total. The van der Waals surface area contributed by atoms with Crippen LogP contribution in [-0.2, 0) is 15.6 Å². The molecule has 1 rings (SSSR count). The highest BCUT2D eigenvalue weighted by atomic mass is 32.2. The zero-order chi connectivity index (χ0) is 14.5. The normalized spacial score (nSPS) is 20.8. The molecule has 2 heteroatoms. The molecular weight excluding hydrogens is 264 g/mol. The van der Waals surface area contributed by atoms with Crippen LogP contribution in [0.2, 0.25) is 0 Å². The fourth-order valence-corrected chi connectivity index (χ4v) is 4.98. The van der Waals surface area contributed by atoms with Gasteiger partial charge in [0, 0.05) is 6.61 Å². The monoisotopic (exact) mass is 299 g/mol. The van der Waals surface area contributed by atoms with Crippen LogP contribution in [0, 0.1) is 0 Å². The average molecular weight is 300 g/mol. The van der Waals surface area contributed by atoms with Crippen molar-refractivity contribution in [1.82, 2.24) is 0 Å². The Morgan fingerprint density at radius 1 is 1.10 bits per heavy atom. The lowest BCUT2D eigenvalue weighted by molar-refractivity contribution is 0.0101. The smallest absolute Gasteiger partial charge is 0.126 e. The highest BCUT2D eigenvalue weighted by Gasteiger charge is 2.17. The van der Waals surface area contributed by atoms with Gasteiger partial charge in [0.1, 0.15) is 17.3 Å². The van der Waals surface area contributed by atoms with E-state index in [1.54, 1.807) is 0 Å². The fourth-order valence-electron chi connectivity index (χ4n) is 2.88. The van der Waals surface area contributed by atoms with E-state index in [1.807, 2.05) is 0 Å². The Morgan fingerprint density at radius 3 is 2.55 bits per heavy atom. The van der Waals surface area contributed by atoms with Gasteiger partial charge in [-0.05, 0) is 68.3 Å². The molecule has 0 saturated carbocycles. The van der Waals surface area contributed by atoms with E-state index in [4.69, 9.17) is 4.74 Å². The van der Waals surface area contributed by atoms with Crippen LogP contribution in [0.15, 0.2) is 12.7 Å². The number of rotatable bonds is 12. The Kier molecular flexibility index (Phi) is 11.6. The molecule has 1 aliphatic heterocycles. The van der Waals surface area contributed by atoms with E-state index in [9.17, 15) is 0 Å². The lowest BCUT2D eigenvalue weighted by Gasteiger charge is -2.22. The van der Waals surface area contributed by atoms with Gasteiger partial charge in [-0.2, -0.15) is 0 Å². The Balaban J connectivity index is 2.03. The Labute approximate surface area is 129 Å². The van der Waals surface area contributed by atoms with E-state index >= 15 is 0 Å². The first-order valence-corrected chi connectivity index (χ1v) is 10.5. The quantitative estimate of drug-likeness (QED) is 0.276. The predicted molar refractivity (Wildman–Crippen MR) is 93.7 cm³/mol. The van der Waals surface area contributed by atoms with Gasteiger partial charge in [0.15, 0.2) is 0 Å². The summed E-state index contributed by atoms with van der Waals surface area (Å²) in [7, 11) is 0.607. The van der Waals surface area contributed by atoms with Crippen LogP contribution >= 0.6 is 0 Å². The van der Waals surface area contributed by atoms with E-state index in [0.29, 0.717) is 17.0 Å². The molecule has 0 aromatic rings. The summed E-state index contributed by atoms with van der Waals surface area (Å²) in [5, 5.41) is 0. The van der Waals surface area contributed by atoms with Crippen LogP contribution in [0.25, 0.3) is 0 Å². The Bertz CT molecular complexity index is 223. The molecule has 0 aromatic heterocycles. The summed E-state index contributed by atoms with van der Waals surface area (Å²) in [5.41, 5.74) is 0. The van der Waals surface area contributed by atoms with Crippen LogP contribution in [0.3, 0.4) is 0 Å². The molecule has 2 unspecified atom stereocenters. The summed E-state index contributed by atoms with van der Waals surface area (Å²) in [6.07, 6.45) is 16.3. The first kappa shape index (κ1) is 18.1. The van der Waals surface area contributed by atoms with E-state index in [-0.39, 0.29) is 0 Å².